The minimum atomic E-state index is -1.66. The van der Waals surface area contributed by atoms with E-state index in [1.54, 1.807) is 38.2 Å². The van der Waals surface area contributed by atoms with Crippen LogP contribution in [0.25, 0.3) is 11.4 Å². The number of carbonyl (C=O) groups excluding carboxylic acids is 2. The molecule has 1 aromatic carbocycles. The van der Waals surface area contributed by atoms with Gasteiger partial charge in [-0.1, -0.05) is 37.8 Å². The number of amides is 1. The van der Waals surface area contributed by atoms with Crippen LogP contribution >= 0.6 is 0 Å². The molecule has 2 aromatic rings. The smallest absolute Gasteiger partial charge is 0.357 e. The molecule has 0 radical (unpaired) electrons. The molecule has 3 rings (SSSR count). The topological polar surface area (TPSA) is 92.6 Å². The Balaban J connectivity index is 1.97. The normalized spacial score (nSPS) is 18.3. The first-order valence-corrected chi connectivity index (χ1v) is 9.91. The highest BCUT2D eigenvalue weighted by atomic mass is 16.5. The fraction of sp³-hybridized carbons (Fsp3) is 0.391. The van der Waals surface area contributed by atoms with E-state index in [9.17, 15) is 14.7 Å². The van der Waals surface area contributed by atoms with Crippen LogP contribution in [0.5, 0.6) is 0 Å². The Labute approximate surface area is 176 Å². The van der Waals surface area contributed by atoms with Crippen molar-refractivity contribution in [3.8, 4) is 23.2 Å². The van der Waals surface area contributed by atoms with E-state index in [1.807, 2.05) is 19.9 Å². The van der Waals surface area contributed by atoms with Crippen molar-refractivity contribution < 1.29 is 19.4 Å². The van der Waals surface area contributed by atoms with Gasteiger partial charge in [-0.3, -0.25) is 4.79 Å². The average molecular weight is 407 g/mol. The number of nitrogens with zero attached hydrogens (tertiary/aromatic N) is 3. The van der Waals surface area contributed by atoms with Gasteiger partial charge in [-0.15, -0.1) is 0 Å². The van der Waals surface area contributed by atoms with Gasteiger partial charge in [0.15, 0.2) is 11.5 Å². The highest BCUT2D eigenvalue weighted by Crippen LogP contribution is 2.23. The Morgan fingerprint density at radius 2 is 2.10 bits per heavy atom. The lowest BCUT2D eigenvalue weighted by Gasteiger charge is -2.13. The summed E-state index contributed by atoms with van der Waals surface area (Å²) in [6.45, 7) is 6.44. The molecular weight excluding hydrogens is 382 g/mol. The van der Waals surface area contributed by atoms with Gasteiger partial charge >= 0.3 is 5.97 Å². The summed E-state index contributed by atoms with van der Waals surface area (Å²) in [4.78, 5) is 34.7. The van der Waals surface area contributed by atoms with Crippen LogP contribution in [-0.4, -0.2) is 57.7 Å². The molecule has 1 N–H and O–H groups in total. The molecule has 7 nitrogen and oxygen atoms in total. The van der Waals surface area contributed by atoms with Crippen LogP contribution in [-0.2, 0) is 9.53 Å². The summed E-state index contributed by atoms with van der Waals surface area (Å²) >= 11 is 0. The zero-order chi connectivity index (χ0) is 21.9. The number of likely N-dealkylation sites (N-methyl/N-ethyl adjacent to an activating group) is 1. The van der Waals surface area contributed by atoms with E-state index in [4.69, 9.17) is 4.74 Å². The first kappa shape index (κ1) is 21.5. The number of rotatable bonds is 4. The highest BCUT2D eigenvalue weighted by Gasteiger charge is 2.42. The van der Waals surface area contributed by atoms with Crippen molar-refractivity contribution in [3.05, 3.63) is 47.3 Å². The van der Waals surface area contributed by atoms with Crippen LogP contribution in [0.4, 0.5) is 0 Å². The maximum absolute atomic E-state index is 12.2. The van der Waals surface area contributed by atoms with Gasteiger partial charge in [0, 0.05) is 36.8 Å². The monoisotopic (exact) mass is 407 g/mol. The molecule has 0 spiro atoms. The number of aliphatic hydroxyl groups is 1. The minimum Gasteiger partial charge on any atom is -0.461 e. The van der Waals surface area contributed by atoms with Gasteiger partial charge in [-0.05, 0) is 31.0 Å². The number of esters is 1. The van der Waals surface area contributed by atoms with Crippen molar-refractivity contribution in [2.45, 2.75) is 38.7 Å². The average Bonchev–Trinajstić information content (AvgIpc) is 3.00. The molecule has 156 valence electrons. The SMILES string of the molecule is CCOC(=O)c1cc(C(C)C)nc(-c2cccc(C#C[C@]3(O)CCN(C)C3=O)c2)n1. The van der Waals surface area contributed by atoms with Crippen LogP contribution in [0.2, 0.25) is 0 Å². The van der Waals surface area contributed by atoms with Gasteiger partial charge in [0.2, 0.25) is 5.60 Å². The first-order chi connectivity index (χ1) is 14.2. The Morgan fingerprint density at radius 3 is 2.73 bits per heavy atom. The van der Waals surface area contributed by atoms with E-state index in [0.29, 0.717) is 23.5 Å². The Kier molecular flexibility index (Phi) is 6.18. The third-order valence-corrected chi connectivity index (χ3v) is 4.87. The molecule has 1 fully saturated rings. The number of hydrogen-bond donors (Lipinski definition) is 1. The molecule has 0 aliphatic carbocycles. The zero-order valence-electron chi connectivity index (χ0n) is 17.6. The van der Waals surface area contributed by atoms with Crippen molar-refractivity contribution in [1.82, 2.24) is 14.9 Å². The van der Waals surface area contributed by atoms with Crippen LogP contribution in [0, 0.1) is 11.8 Å². The summed E-state index contributed by atoms with van der Waals surface area (Å²) in [7, 11) is 1.64. The second-order valence-electron chi connectivity index (χ2n) is 7.54. The summed E-state index contributed by atoms with van der Waals surface area (Å²) in [6.07, 6.45) is 0.275. The van der Waals surface area contributed by atoms with Crippen molar-refractivity contribution in [1.29, 1.82) is 0 Å². The molecular formula is C23H25N3O4. The molecule has 30 heavy (non-hydrogen) atoms. The Hall–Kier alpha value is -3.24. The number of likely N-dealkylation sites (tertiary alicyclic amines) is 1. The van der Waals surface area contributed by atoms with Gasteiger partial charge in [-0.25, -0.2) is 14.8 Å². The van der Waals surface area contributed by atoms with E-state index in [0.717, 1.165) is 5.69 Å². The van der Waals surface area contributed by atoms with E-state index in [1.165, 1.54) is 4.90 Å². The molecule has 1 amide bonds. The second kappa shape index (κ2) is 8.64. The third kappa shape index (κ3) is 4.50. The Bertz CT molecular complexity index is 1040. The summed E-state index contributed by atoms with van der Waals surface area (Å²) < 4.78 is 5.09. The lowest BCUT2D eigenvalue weighted by atomic mass is 10.0. The van der Waals surface area contributed by atoms with Gasteiger partial charge in [0.1, 0.15) is 0 Å². The van der Waals surface area contributed by atoms with Gasteiger partial charge in [0.25, 0.3) is 5.91 Å². The molecule has 1 aliphatic rings. The van der Waals surface area contributed by atoms with Crippen LogP contribution in [0.15, 0.2) is 30.3 Å². The molecule has 1 aromatic heterocycles. The summed E-state index contributed by atoms with van der Waals surface area (Å²) in [5.41, 5.74) is 0.566. The fourth-order valence-corrected chi connectivity index (χ4v) is 3.08. The molecule has 1 atom stereocenters. The van der Waals surface area contributed by atoms with E-state index in [-0.39, 0.29) is 24.6 Å². The predicted octanol–water partition coefficient (Wildman–Crippen LogP) is 2.39. The standard InChI is InChI=1S/C23H25N3O4/c1-5-30-21(27)19-14-18(15(2)3)24-20(25-19)17-8-6-7-16(13-17)9-10-23(29)11-12-26(4)22(23)28/h6-8,13-15,29H,5,11-12H2,1-4H3/t23-/m0/s1. The maximum Gasteiger partial charge on any atom is 0.357 e. The van der Waals surface area contributed by atoms with Crippen molar-refractivity contribution in [3.63, 3.8) is 0 Å². The van der Waals surface area contributed by atoms with E-state index in [2.05, 4.69) is 21.8 Å². The van der Waals surface area contributed by atoms with Crippen LogP contribution < -0.4 is 0 Å². The second-order valence-corrected chi connectivity index (χ2v) is 7.54. The zero-order valence-corrected chi connectivity index (χ0v) is 17.6. The summed E-state index contributed by atoms with van der Waals surface area (Å²) in [6, 6.07) is 8.81. The first-order valence-electron chi connectivity index (χ1n) is 9.91. The molecule has 1 saturated heterocycles. The van der Waals surface area contributed by atoms with E-state index >= 15 is 0 Å². The van der Waals surface area contributed by atoms with Gasteiger partial charge in [-0.2, -0.15) is 0 Å². The predicted molar refractivity (Wildman–Crippen MR) is 112 cm³/mol. The largest absolute Gasteiger partial charge is 0.461 e. The molecule has 7 heteroatoms. The van der Waals surface area contributed by atoms with Crippen molar-refractivity contribution in [2.24, 2.45) is 0 Å². The molecule has 2 heterocycles. The third-order valence-electron chi connectivity index (χ3n) is 4.87. The van der Waals surface area contributed by atoms with Gasteiger partial charge in [0.05, 0.1) is 6.61 Å². The highest BCUT2D eigenvalue weighted by molar-refractivity contribution is 5.90. The Morgan fingerprint density at radius 1 is 1.33 bits per heavy atom. The molecule has 0 unspecified atom stereocenters. The van der Waals surface area contributed by atoms with Crippen LogP contribution in [0.1, 0.15) is 54.9 Å². The van der Waals surface area contributed by atoms with Crippen molar-refractivity contribution >= 4 is 11.9 Å². The van der Waals surface area contributed by atoms with E-state index < -0.39 is 17.5 Å². The molecule has 0 bridgehead atoms. The summed E-state index contributed by atoms with van der Waals surface area (Å²) in [5.74, 6) is 5.20. The summed E-state index contributed by atoms with van der Waals surface area (Å²) in [5, 5.41) is 10.5. The number of aromatic nitrogens is 2. The number of hydrogen-bond acceptors (Lipinski definition) is 6. The minimum absolute atomic E-state index is 0.0996. The van der Waals surface area contributed by atoms with Gasteiger partial charge < -0.3 is 14.7 Å². The molecule has 0 saturated carbocycles. The fourth-order valence-electron chi connectivity index (χ4n) is 3.08. The molecule has 1 aliphatic heterocycles. The number of benzene rings is 1. The maximum atomic E-state index is 12.2. The quantitative estimate of drug-likeness (QED) is 0.618. The number of ether oxygens (including phenoxy) is 1. The van der Waals surface area contributed by atoms with Crippen molar-refractivity contribution in [2.75, 3.05) is 20.2 Å². The van der Waals surface area contributed by atoms with Crippen LogP contribution in [0.3, 0.4) is 0 Å². The lowest BCUT2D eigenvalue weighted by Crippen LogP contribution is -2.37. The number of carbonyl (C=O) groups is 2. The lowest BCUT2D eigenvalue weighted by molar-refractivity contribution is -0.137.